The van der Waals surface area contributed by atoms with Crippen molar-refractivity contribution < 1.29 is 47.9 Å². The molecule has 1 atom stereocenters. The molecule has 1 heterocycles. The zero-order valence-corrected chi connectivity index (χ0v) is 13.1. The van der Waals surface area contributed by atoms with Gasteiger partial charge in [0.15, 0.2) is 0 Å². The molecule has 1 aliphatic heterocycles. The third kappa shape index (κ3) is 3.13. The smallest absolute Gasteiger partial charge is 0.768 e. The fraction of sp³-hybridized carbons (Fsp3) is 0.364. The Balaban J connectivity index is 0.00000162. The number of rotatable bonds is 2. The number of carbonyl (C=O) groups excluding carboxylic acids is 1. The van der Waals surface area contributed by atoms with Gasteiger partial charge < -0.3 is 14.6 Å². The van der Waals surface area contributed by atoms with Crippen molar-refractivity contribution in [2.75, 3.05) is 13.7 Å². The number of methoxy groups -OCH3 is 1. The second kappa shape index (κ2) is 6.68. The molecule has 0 saturated heterocycles. The Bertz CT molecular complexity index is 492. The molecule has 5 nitrogen and oxygen atoms in total. The second-order valence-corrected chi connectivity index (χ2v) is 4.66. The van der Waals surface area contributed by atoms with E-state index in [2.05, 4.69) is 5.32 Å². The average molecular weight is 277 g/mol. The topological polar surface area (TPSA) is 78.5 Å². The summed E-state index contributed by atoms with van der Waals surface area (Å²) >= 11 is -2.41. The summed E-state index contributed by atoms with van der Waals surface area (Å²) in [7, 11) is 1.41. The molecule has 1 aromatic rings. The van der Waals surface area contributed by atoms with Crippen LogP contribution in [-0.4, -0.2) is 28.3 Å². The number of amides is 1. The minimum Gasteiger partial charge on any atom is -0.768 e. The van der Waals surface area contributed by atoms with Gasteiger partial charge in [-0.1, -0.05) is 0 Å². The summed E-state index contributed by atoms with van der Waals surface area (Å²) in [6.07, 6.45) is 1.57. The molecule has 1 amide bonds. The Morgan fingerprint density at radius 1 is 1.44 bits per heavy atom. The monoisotopic (exact) mass is 277 g/mol. The normalized spacial score (nSPS) is 15.8. The molecule has 2 rings (SSSR count). The van der Waals surface area contributed by atoms with Gasteiger partial charge in [-0.25, -0.2) is 0 Å². The summed E-state index contributed by atoms with van der Waals surface area (Å²) in [5.41, 5.74) is 1.24. The maximum atomic E-state index is 11.7. The Morgan fingerprint density at radius 3 is 2.78 bits per heavy atom. The fourth-order valence-electron chi connectivity index (χ4n) is 1.89. The van der Waals surface area contributed by atoms with Crippen LogP contribution in [0.4, 0.5) is 0 Å². The first kappa shape index (κ1) is 15.7. The van der Waals surface area contributed by atoms with Gasteiger partial charge in [0.2, 0.25) is 0 Å². The molecule has 0 fully saturated rings. The van der Waals surface area contributed by atoms with E-state index in [-0.39, 0.29) is 46.1 Å². The summed E-state index contributed by atoms with van der Waals surface area (Å²) in [6, 6.07) is 3.00. The Hall–Kier alpha value is -0.400. The molecular formula is C11H12NNaO4S. The minimum atomic E-state index is -2.41. The van der Waals surface area contributed by atoms with Crippen LogP contribution in [0.2, 0.25) is 0 Å². The molecule has 0 spiro atoms. The van der Waals surface area contributed by atoms with Crippen molar-refractivity contribution in [2.45, 2.75) is 17.7 Å². The summed E-state index contributed by atoms with van der Waals surface area (Å²) in [4.78, 5) is 11.7. The van der Waals surface area contributed by atoms with E-state index < -0.39 is 11.1 Å². The molecule has 0 saturated carbocycles. The van der Waals surface area contributed by atoms with E-state index in [9.17, 15) is 13.6 Å². The largest absolute Gasteiger partial charge is 1.00 e. The quantitative estimate of drug-likeness (QED) is 0.483. The van der Waals surface area contributed by atoms with Gasteiger partial charge >= 0.3 is 29.6 Å². The van der Waals surface area contributed by atoms with E-state index in [1.54, 1.807) is 6.07 Å². The number of fused-ring (bicyclic) bond motifs is 1. The number of hydrogen-bond donors (Lipinski definition) is 1. The van der Waals surface area contributed by atoms with Crippen molar-refractivity contribution in [3.63, 3.8) is 0 Å². The van der Waals surface area contributed by atoms with Gasteiger partial charge in [-0.2, -0.15) is 0 Å². The Morgan fingerprint density at radius 2 is 2.17 bits per heavy atom. The average Bonchev–Trinajstić information content (AvgIpc) is 2.49. The molecule has 0 aliphatic carbocycles. The molecule has 0 bridgehead atoms. The van der Waals surface area contributed by atoms with Gasteiger partial charge in [0.05, 0.1) is 12.0 Å². The van der Waals surface area contributed by atoms with Gasteiger partial charge in [-0.15, -0.1) is 0 Å². The van der Waals surface area contributed by atoms with E-state index >= 15 is 0 Å². The number of benzene rings is 1. The van der Waals surface area contributed by atoms with Gasteiger partial charge in [-0.05, 0) is 41.6 Å². The molecule has 7 heteroatoms. The SMILES string of the molecule is COc1cc2c(cc1S(=O)[O-])C(=O)NCCC2.[Na+]. The van der Waals surface area contributed by atoms with Crippen molar-refractivity contribution in [1.82, 2.24) is 5.32 Å². The summed E-state index contributed by atoms with van der Waals surface area (Å²) < 4.78 is 27.1. The van der Waals surface area contributed by atoms with Crippen molar-refractivity contribution >= 4 is 17.0 Å². The van der Waals surface area contributed by atoms with Crippen molar-refractivity contribution in [3.8, 4) is 5.75 Å². The molecule has 1 aromatic carbocycles. The number of carbonyl (C=O) groups is 1. The molecule has 18 heavy (non-hydrogen) atoms. The van der Waals surface area contributed by atoms with E-state index in [0.29, 0.717) is 12.1 Å². The standard InChI is InChI=1S/C11H13NO4S.Na/c1-16-9-5-7-3-2-4-12-11(13)8(7)6-10(9)17(14)15;/h5-6H,2-4H2,1H3,(H,12,13)(H,14,15);/q;+1/p-1. The number of ether oxygens (including phenoxy) is 1. The molecule has 0 radical (unpaired) electrons. The van der Waals surface area contributed by atoms with Crippen LogP contribution in [0, 0.1) is 0 Å². The first-order valence-corrected chi connectivity index (χ1v) is 6.29. The van der Waals surface area contributed by atoms with Gasteiger partial charge in [0.1, 0.15) is 5.75 Å². The van der Waals surface area contributed by atoms with Crippen molar-refractivity contribution in [1.29, 1.82) is 0 Å². The van der Waals surface area contributed by atoms with Gasteiger partial charge in [0.25, 0.3) is 5.91 Å². The molecule has 1 aliphatic rings. The maximum Gasteiger partial charge on any atom is 1.00 e. The van der Waals surface area contributed by atoms with E-state index in [1.807, 2.05) is 0 Å². The van der Waals surface area contributed by atoms with Crippen molar-refractivity contribution in [3.05, 3.63) is 23.3 Å². The molecule has 1 N–H and O–H groups in total. The van der Waals surface area contributed by atoms with Crippen LogP contribution in [0.15, 0.2) is 17.0 Å². The van der Waals surface area contributed by atoms with Crippen LogP contribution in [0.1, 0.15) is 22.3 Å². The summed E-state index contributed by atoms with van der Waals surface area (Å²) in [6.45, 7) is 0.603. The molecular weight excluding hydrogens is 265 g/mol. The third-order valence-corrected chi connectivity index (χ3v) is 3.40. The second-order valence-electron chi connectivity index (χ2n) is 3.75. The van der Waals surface area contributed by atoms with Crippen LogP contribution in [-0.2, 0) is 17.5 Å². The van der Waals surface area contributed by atoms with Crippen LogP contribution in [0.5, 0.6) is 5.75 Å². The number of hydrogen-bond acceptors (Lipinski definition) is 4. The predicted molar refractivity (Wildman–Crippen MR) is 60.8 cm³/mol. The zero-order valence-electron chi connectivity index (χ0n) is 10.3. The zero-order chi connectivity index (χ0) is 12.4. The minimum absolute atomic E-state index is 0. The van der Waals surface area contributed by atoms with Gasteiger partial charge in [0, 0.05) is 12.1 Å². The summed E-state index contributed by atoms with van der Waals surface area (Å²) in [5.74, 6) is 0.0543. The maximum absolute atomic E-state index is 11.7. The fourth-order valence-corrected chi connectivity index (χ4v) is 2.41. The Labute approximate surface area is 130 Å². The molecule has 0 aromatic heterocycles. The predicted octanol–water partition coefficient (Wildman–Crippen LogP) is -2.39. The Kier molecular flexibility index (Phi) is 5.81. The van der Waals surface area contributed by atoms with Crippen LogP contribution in [0.25, 0.3) is 0 Å². The summed E-state index contributed by atoms with van der Waals surface area (Å²) in [5, 5.41) is 2.72. The van der Waals surface area contributed by atoms with E-state index in [0.717, 1.165) is 18.4 Å². The van der Waals surface area contributed by atoms with Crippen LogP contribution in [0.3, 0.4) is 0 Å². The van der Waals surface area contributed by atoms with E-state index in [4.69, 9.17) is 4.74 Å². The number of aryl methyl sites for hydroxylation is 1. The van der Waals surface area contributed by atoms with Gasteiger partial charge in [-0.3, -0.25) is 9.00 Å². The van der Waals surface area contributed by atoms with Crippen LogP contribution < -0.4 is 39.6 Å². The van der Waals surface area contributed by atoms with E-state index in [1.165, 1.54) is 13.2 Å². The molecule has 1 unspecified atom stereocenters. The molecule has 92 valence electrons. The third-order valence-electron chi connectivity index (χ3n) is 2.72. The van der Waals surface area contributed by atoms with Crippen molar-refractivity contribution in [2.24, 2.45) is 0 Å². The first-order valence-electron chi connectivity index (χ1n) is 5.22. The number of nitrogens with one attached hydrogen (secondary N) is 1. The first-order chi connectivity index (χ1) is 8.13. The van der Waals surface area contributed by atoms with Crippen LogP contribution >= 0.6 is 0 Å².